The molecule has 5 heteroatoms. The van der Waals surface area contributed by atoms with Gasteiger partial charge in [-0.2, -0.15) is 0 Å². The number of hydrogen-bond donors (Lipinski definition) is 0. The van der Waals surface area contributed by atoms with Gasteiger partial charge in [-0.05, 0) is 31.0 Å². The average Bonchev–Trinajstić information content (AvgIpc) is 3.01. The topological polar surface area (TPSA) is 38.8 Å². The summed E-state index contributed by atoms with van der Waals surface area (Å²) in [6.07, 6.45) is 2.22. The summed E-state index contributed by atoms with van der Waals surface area (Å²) in [4.78, 5) is 14.3. The lowest BCUT2D eigenvalue weighted by molar-refractivity contribution is -0.0867. The molecule has 1 amide bonds. The summed E-state index contributed by atoms with van der Waals surface area (Å²) in [5.74, 6) is 0.0128. The van der Waals surface area contributed by atoms with Crippen LogP contribution in [0, 0.1) is 0 Å². The van der Waals surface area contributed by atoms with E-state index >= 15 is 0 Å². The molecule has 2 saturated heterocycles. The Labute approximate surface area is 123 Å². The van der Waals surface area contributed by atoms with Crippen molar-refractivity contribution in [1.29, 1.82) is 0 Å². The average molecular weight is 296 g/mol. The van der Waals surface area contributed by atoms with Crippen molar-refractivity contribution in [1.82, 2.24) is 4.90 Å². The third-order valence-corrected chi connectivity index (χ3v) is 4.07. The van der Waals surface area contributed by atoms with Gasteiger partial charge in [0.25, 0.3) is 5.91 Å². The molecule has 2 aliphatic heterocycles. The van der Waals surface area contributed by atoms with Gasteiger partial charge in [0.1, 0.15) is 6.10 Å². The third kappa shape index (κ3) is 2.97. The number of carbonyl (C=O) groups is 1. The molecule has 0 radical (unpaired) electrons. The standard InChI is InChI=1S/C15H18ClNO3/c16-12-4-1-3-11(9-12)15(18)17-6-8-20-14(10-17)13-5-2-7-19-13/h1,3-4,9,13-14H,2,5-8,10H2. The van der Waals surface area contributed by atoms with E-state index in [1.54, 1.807) is 24.3 Å². The minimum Gasteiger partial charge on any atom is -0.375 e. The minimum atomic E-state index is -0.00520. The van der Waals surface area contributed by atoms with Crippen LogP contribution in [-0.4, -0.2) is 49.3 Å². The SMILES string of the molecule is O=C(c1cccc(Cl)c1)N1CCOC(C2CCCO2)C1. The van der Waals surface area contributed by atoms with Crippen molar-refractivity contribution >= 4 is 17.5 Å². The van der Waals surface area contributed by atoms with Crippen LogP contribution >= 0.6 is 11.6 Å². The van der Waals surface area contributed by atoms with Gasteiger partial charge in [0.15, 0.2) is 0 Å². The van der Waals surface area contributed by atoms with Gasteiger partial charge in [-0.3, -0.25) is 4.79 Å². The fourth-order valence-electron chi connectivity index (χ4n) is 2.78. The Balaban J connectivity index is 1.68. The summed E-state index contributed by atoms with van der Waals surface area (Å²) in [5.41, 5.74) is 0.630. The van der Waals surface area contributed by atoms with Crippen LogP contribution in [-0.2, 0) is 9.47 Å². The monoisotopic (exact) mass is 295 g/mol. The molecule has 108 valence electrons. The maximum atomic E-state index is 12.5. The van der Waals surface area contributed by atoms with Crippen LogP contribution in [0.25, 0.3) is 0 Å². The van der Waals surface area contributed by atoms with Gasteiger partial charge >= 0.3 is 0 Å². The first kappa shape index (κ1) is 13.9. The quantitative estimate of drug-likeness (QED) is 0.841. The van der Waals surface area contributed by atoms with E-state index in [0.717, 1.165) is 19.4 Å². The summed E-state index contributed by atoms with van der Waals surface area (Å²) in [7, 11) is 0. The molecule has 2 heterocycles. The van der Waals surface area contributed by atoms with Crippen LogP contribution in [0.4, 0.5) is 0 Å². The number of ether oxygens (including phenoxy) is 2. The van der Waals surface area contributed by atoms with Gasteiger partial charge in [0, 0.05) is 30.3 Å². The Hall–Kier alpha value is -1.10. The lowest BCUT2D eigenvalue weighted by Gasteiger charge is -2.35. The number of amides is 1. The Bertz CT molecular complexity index is 488. The molecule has 1 aromatic carbocycles. The summed E-state index contributed by atoms with van der Waals surface area (Å²) < 4.78 is 11.4. The molecule has 0 aliphatic carbocycles. The zero-order valence-electron chi connectivity index (χ0n) is 11.3. The number of hydrogen-bond acceptors (Lipinski definition) is 3. The minimum absolute atomic E-state index is 0.00520. The highest BCUT2D eigenvalue weighted by atomic mass is 35.5. The van der Waals surface area contributed by atoms with E-state index in [1.165, 1.54) is 0 Å². The number of rotatable bonds is 2. The first-order chi connectivity index (χ1) is 9.74. The number of carbonyl (C=O) groups excluding carboxylic acids is 1. The van der Waals surface area contributed by atoms with Crippen LogP contribution < -0.4 is 0 Å². The van der Waals surface area contributed by atoms with E-state index in [-0.39, 0.29) is 18.1 Å². The van der Waals surface area contributed by atoms with Crippen LogP contribution in [0.15, 0.2) is 24.3 Å². The highest BCUT2D eigenvalue weighted by Crippen LogP contribution is 2.22. The molecule has 2 atom stereocenters. The molecular formula is C15H18ClNO3. The molecular weight excluding hydrogens is 278 g/mol. The van der Waals surface area contributed by atoms with Crippen molar-refractivity contribution < 1.29 is 14.3 Å². The van der Waals surface area contributed by atoms with Crippen LogP contribution in [0.3, 0.4) is 0 Å². The molecule has 2 aliphatic rings. The molecule has 0 bridgehead atoms. The summed E-state index contributed by atoms with van der Waals surface area (Å²) >= 11 is 5.94. The van der Waals surface area contributed by atoms with Crippen molar-refractivity contribution in [3.8, 4) is 0 Å². The lowest BCUT2D eigenvalue weighted by Crippen LogP contribution is -2.49. The van der Waals surface area contributed by atoms with Gasteiger partial charge < -0.3 is 14.4 Å². The Kier molecular flexibility index (Phi) is 4.24. The molecule has 20 heavy (non-hydrogen) atoms. The van der Waals surface area contributed by atoms with Crippen LogP contribution in [0.1, 0.15) is 23.2 Å². The van der Waals surface area contributed by atoms with Crippen molar-refractivity contribution in [3.63, 3.8) is 0 Å². The second kappa shape index (κ2) is 6.12. The predicted molar refractivity (Wildman–Crippen MR) is 76.1 cm³/mol. The van der Waals surface area contributed by atoms with Crippen LogP contribution in [0.5, 0.6) is 0 Å². The highest BCUT2D eigenvalue weighted by molar-refractivity contribution is 6.30. The zero-order chi connectivity index (χ0) is 13.9. The van der Waals surface area contributed by atoms with Gasteiger partial charge in [-0.25, -0.2) is 0 Å². The molecule has 4 nitrogen and oxygen atoms in total. The third-order valence-electron chi connectivity index (χ3n) is 3.83. The molecule has 0 aromatic heterocycles. The van der Waals surface area contributed by atoms with Crippen molar-refractivity contribution in [2.24, 2.45) is 0 Å². The maximum Gasteiger partial charge on any atom is 0.254 e. The zero-order valence-corrected chi connectivity index (χ0v) is 12.0. The van der Waals surface area contributed by atoms with Crippen LogP contribution in [0.2, 0.25) is 5.02 Å². The smallest absolute Gasteiger partial charge is 0.254 e. The second-order valence-electron chi connectivity index (χ2n) is 5.22. The Morgan fingerprint density at radius 1 is 1.25 bits per heavy atom. The van der Waals surface area contributed by atoms with Crippen molar-refractivity contribution in [3.05, 3.63) is 34.9 Å². The van der Waals surface area contributed by atoms with Gasteiger partial charge in [-0.15, -0.1) is 0 Å². The van der Waals surface area contributed by atoms with Crippen molar-refractivity contribution in [2.45, 2.75) is 25.0 Å². The molecule has 3 rings (SSSR count). The summed E-state index contributed by atoms with van der Waals surface area (Å²) in [6, 6.07) is 7.07. The molecule has 0 spiro atoms. The Morgan fingerprint density at radius 2 is 2.10 bits per heavy atom. The van der Waals surface area contributed by atoms with Crippen molar-refractivity contribution in [2.75, 3.05) is 26.3 Å². The molecule has 0 N–H and O–H groups in total. The number of halogens is 1. The first-order valence-electron chi connectivity index (χ1n) is 7.02. The normalized spacial score (nSPS) is 26.8. The fraction of sp³-hybridized carbons (Fsp3) is 0.533. The molecule has 2 unspecified atom stereocenters. The summed E-state index contributed by atoms with van der Waals surface area (Å²) in [6.45, 7) is 2.58. The second-order valence-corrected chi connectivity index (χ2v) is 5.66. The number of nitrogens with zero attached hydrogens (tertiary/aromatic N) is 1. The van der Waals surface area contributed by atoms with Gasteiger partial charge in [-0.1, -0.05) is 17.7 Å². The largest absolute Gasteiger partial charge is 0.375 e. The Morgan fingerprint density at radius 3 is 2.85 bits per heavy atom. The molecule has 2 fully saturated rings. The summed E-state index contributed by atoms with van der Waals surface area (Å²) in [5, 5.41) is 0.583. The van der Waals surface area contributed by atoms with E-state index in [2.05, 4.69) is 0 Å². The number of morpholine rings is 1. The van der Waals surface area contributed by atoms with E-state index in [0.29, 0.717) is 30.3 Å². The van der Waals surface area contributed by atoms with E-state index < -0.39 is 0 Å². The predicted octanol–water partition coefficient (Wildman–Crippen LogP) is 2.36. The highest BCUT2D eigenvalue weighted by Gasteiger charge is 2.33. The van der Waals surface area contributed by atoms with E-state index in [4.69, 9.17) is 21.1 Å². The molecule has 0 saturated carbocycles. The first-order valence-corrected chi connectivity index (χ1v) is 7.40. The van der Waals surface area contributed by atoms with Gasteiger partial charge in [0.05, 0.1) is 12.7 Å². The fourth-order valence-corrected chi connectivity index (χ4v) is 2.97. The number of benzene rings is 1. The van der Waals surface area contributed by atoms with E-state index in [1.807, 2.05) is 4.90 Å². The van der Waals surface area contributed by atoms with E-state index in [9.17, 15) is 4.79 Å². The maximum absolute atomic E-state index is 12.5. The lowest BCUT2D eigenvalue weighted by atomic mass is 10.1. The molecule has 1 aromatic rings. The van der Waals surface area contributed by atoms with Gasteiger partial charge in [0.2, 0.25) is 0 Å².